The zero-order valence-corrected chi connectivity index (χ0v) is 16.9. The van der Waals surface area contributed by atoms with Crippen molar-refractivity contribution in [3.63, 3.8) is 0 Å². The summed E-state index contributed by atoms with van der Waals surface area (Å²) in [5.74, 6) is -1.15. The number of carbonyl (C=O) groups is 1. The summed E-state index contributed by atoms with van der Waals surface area (Å²) in [6, 6.07) is 2.85. The first-order chi connectivity index (χ1) is 14.0. The van der Waals surface area contributed by atoms with Crippen molar-refractivity contribution in [1.29, 1.82) is 0 Å². The van der Waals surface area contributed by atoms with E-state index in [2.05, 4.69) is 39.3 Å². The summed E-state index contributed by atoms with van der Waals surface area (Å²) in [4.78, 5) is 24.6. The van der Waals surface area contributed by atoms with E-state index >= 15 is 0 Å². The third-order valence-corrected chi connectivity index (χ3v) is 5.01. The van der Waals surface area contributed by atoms with Crippen LogP contribution >= 0.6 is 0 Å². The number of para-hydroxylation sites is 1. The smallest absolute Gasteiger partial charge is 0.328 e. The highest BCUT2D eigenvalue weighted by Gasteiger charge is 2.32. The van der Waals surface area contributed by atoms with Crippen LogP contribution in [0.15, 0.2) is 18.2 Å². The molecule has 3 rings (SSSR count). The molecule has 9 heteroatoms. The first kappa shape index (κ1) is 20.9. The van der Waals surface area contributed by atoms with E-state index in [0.29, 0.717) is 23.8 Å². The van der Waals surface area contributed by atoms with Gasteiger partial charge in [-0.05, 0) is 45.1 Å². The minimum atomic E-state index is -0.835. The van der Waals surface area contributed by atoms with Crippen LogP contribution in [0, 0.1) is 18.6 Å². The van der Waals surface area contributed by atoms with Gasteiger partial charge in [0.25, 0.3) is 0 Å². The topological polar surface area (TPSA) is 73.4 Å². The van der Waals surface area contributed by atoms with Crippen molar-refractivity contribution < 1.29 is 13.6 Å². The van der Waals surface area contributed by atoms with Crippen LogP contribution in [0.2, 0.25) is 0 Å². The predicted molar refractivity (Wildman–Crippen MR) is 108 cm³/mol. The van der Waals surface area contributed by atoms with E-state index in [1.54, 1.807) is 6.92 Å². The Kier molecular flexibility index (Phi) is 6.58. The molecule has 0 atom stereocenters. The molecule has 1 aromatic carbocycles. The summed E-state index contributed by atoms with van der Waals surface area (Å²) in [6.45, 7) is 9.80. The highest BCUT2D eigenvalue weighted by atomic mass is 19.1. The lowest BCUT2D eigenvalue weighted by molar-refractivity contribution is 0.246. The molecule has 2 amide bonds. The fourth-order valence-corrected chi connectivity index (χ4v) is 3.34. The van der Waals surface area contributed by atoms with Gasteiger partial charge < -0.3 is 15.5 Å². The van der Waals surface area contributed by atoms with Crippen molar-refractivity contribution in [3.8, 4) is 0 Å². The van der Waals surface area contributed by atoms with Gasteiger partial charge in [0.1, 0.15) is 17.3 Å². The normalized spacial score (nSPS) is 13.4. The van der Waals surface area contributed by atoms with Crippen molar-refractivity contribution in [3.05, 3.63) is 41.1 Å². The number of benzene rings is 1. The fraction of sp³-hybridized carbons (Fsp3) is 0.450. The summed E-state index contributed by atoms with van der Waals surface area (Å²) in [5.41, 5.74) is 0.820. The monoisotopic (exact) mass is 404 g/mol. The maximum Gasteiger partial charge on any atom is 0.328 e. The van der Waals surface area contributed by atoms with Crippen LogP contribution in [-0.4, -0.2) is 47.1 Å². The summed E-state index contributed by atoms with van der Waals surface area (Å²) in [7, 11) is 0. The van der Waals surface area contributed by atoms with Gasteiger partial charge in [0.2, 0.25) is 5.95 Å². The third kappa shape index (κ3) is 4.45. The highest BCUT2D eigenvalue weighted by molar-refractivity contribution is 6.01. The Hall–Kier alpha value is -2.81. The summed E-state index contributed by atoms with van der Waals surface area (Å²) < 4.78 is 28.7. The molecule has 1 aliphatic rings. The number of nitrogens with zero attached hydrogens (tertiary/aromatic N) is 4. The SMILES string of the molecule is CCN(CC)CCCNc1nc(C)c2c(n1)N(c1c(F)cccc1F)C(=O)NC2. The minimum absolute atomic E-state index is 0.191. The molecular formula is C20H26F2N6O. The van der Waals surface area contributed by atoms with Gasteiger partial charge in [-0.15, -0.1) is 0 Å². The Morgan fingerprint density at radius 1 is 1.21 bits per heavy atom. The minimum Gasteiger partial charge on any atom is -0.354 e. The zero-order chi connectivity index (χ0) is 21.0. The molecule has 0 bridgehead atoms. The van der Waals surface area contributed by atoms with E-state index in [1.807, 2.05) is 0 Å². The van der Waals surface area contributed by atoms with Crippen LogP contribution in [0.3, 0.4) is 0 Å². The van der Waals surface area contributed by atoms with Crippen molar-refractivity contribution in [2.45, 2.75) is 33.7 Å². The molecule has 0 radical (unpaired) electrons. The molecule has 2 aromatic rings. The van der Waals surface area contributed by atoms with Gasteiger partial charge in [0.15, 0.2) is 5.82 Å². The van der Waals surface area contributed by atoms with Gasteiger partial charge in [-0.3, -0.25) is 0 Å². The second-order valence-corrected chi connectivity index (χ2v) is 6.81. The maximum atomic E-state index is 14.4. The summed E-state index contributed by atoms with van der Waals surface area (Å²) >= 11 is 0. The number of aryl methyl sites for hydroxylation is 1. The first-order valence-corrected chi connectivity index (χ1v) is 9.81. The largest absolute Gasteiger partial charge is 0.354 e. The van der Waals surface area contributed by atoms with Gasteiger partial charge in [-0.25, -0.2) is 23.5 Å². The number of hydrogen-bond donors (Lipinski definition) is 2. The van der Waals surface area contributed by atoms with Crippen LogP contribution in [0.5, 0.6) is 0 Å². The van der Waals surface area contributed by atoms with Crippen LogP contribution in [0.4, 0.5) is 31.0 Å². The average Bonchev–Trinajstić information content (AvgIpc) is 2.69. The Morgan fingerprint density at radius 3 is 2.55 bits per heavy atom. The quantitative estimate of drug-likeness (QED) is 0.658. The van der Waals surface area contributed by atoms with Gasteiger partial charge in [-0.1, -0.05) is 19.9 Å². The van der Waals surface area contributed by atoms with E-state index in [4.69, 9.17) is 0 Å². The van der Waals surface area contributed by atoms with Gasteiger partial charge >= 0.3 is 6.03 Å². The Bertz CT molecular complexity index is 867. The lowest BCUT2D eigenvalue weighted by Gasteiger charge is -2.30. The molecule has 0 saturated carbocycles. The predicted octanol–water partition coefficient (Wildman–Crippen LogP) is 3.57. The lowest BCUT2D eigenvalue weighted by Crippen LogP contribution is -2.43. The number of urea groups is 1. The third-order valence-electron chi connectivity index (χ3n) is 5.01. The molecule has 1 aromatic heterocycles. The number of anilines is 3. The van der Waals surface area contributed by atoms with E-state index in [-0.39, 0.29) is 12.4 Å². The van der Waals surface area contributed by atoms with E-state index < -0.39 is 23.4 Å². The second kappa shape index (κ2) is 9.13. The second-order valence-electron chi connectivity index (χ2n) is 6.81. The van der Waals surface area contributed by atoms with Crippen molar-refractivity contribution >= 4 is 23.5 Å². The van der Waals surface area contributed by atoms with Crippen LogP contribution in [0.25, 0.3) is 0 Å². The Morgan fingerprint density at radius 2 is 1.90 bits per heavy atom. The molecule has 0 saturated heterocycles. The molecule has 2 N–H and O–H groups in total. The molecule has 7 nitrogen and oxygen atoms in total. The zero-order valence-electron chi connectivity index (χ0n) is 16.9. The number of aromatic nitrogens is 2. The molecular weight excluding hydrogens is 378 g/mol. The molecule has 0 fully saturated rings. The fourth-order valence-electron chi connectivity index (χ4n) is 3.34. The van der Waals surface area contributed by atoms with E-state index in [1.165, 1.54) is 6.07 Å². The Balaban J connectivity index is 1.87. The summed E-state index contributed by atoms with van der Waals surface area (Å²) in [5, 5.41) is 5.79. The Labute approximate surface area is 169 Å². The molecule has 0 aliphatic carbocycles. The number of amides is 2. The molecule has 0 unspecified atom stereocenters. The van der Waals surface area contributed by atoms with Gasteiger partial charge in [-0.2, -0.15) is 4.98 Å². The number of rotatable bonds is 8. The standard InChI is InChI=1S/C20H26F2N6O/c1-4-27(5-2)11-7-10-23-19-25-13(3)14-12-24-20(29)28(18(14)26-19)17-15(21)8-6-9-16(17)22/h6,8-9H,4-5,7,10-12H2,1-3H3,(H,24,29)(H,23,25,26). The first-order valence-electron chi connectivity index (χ1n) is 9.81. The van der Waals surface area contributed by atoms with Crippen LogP contribution in [0.1, 0.15) is 31.5 Å². The molecule has 1 aliphatic heterocycles. The van der Waals surface area contributed by atoms with E-state index in [9.17, 15) is 13.6 Å². The molecule has 156 valence electrons. The number of nitrogens with one attached hydrogen (secondary N) is 2. The lowest BCUT2D eigenvalue weighted by atomic mass is 10.1. The highest BCUT2D eigenvalue weighted by Crippen LogP contribution is 2.35. The van der Waals surface area contributed by atoms with Crippen molar-refractivity contribution in [2.24, 2.45) is 0 Å². The molecule has 2 heterocycles. The summed E-state index contributed by atoms with van der Waals surface area (Å²) in [6.07, 6.45) is 0.896. The average molecular weight is 404 g/mol. The van der Waals surface area contributed by atoms with E-state index in [0.717, 1.165) is 43.1 Å². The van der Waals surface area contributed by atoms with Crippen LogP contribution < -0.4 is 15.5 Å². The number of halogens is 2. The van der Waals surface area contributed by atoms with Crippen molar-refractivity contribution in [2.75, 3.05) is 36.4 Å². The molecule has 0 spiro atoms. The molecule has 29 heavy (non-hydrogen) atoms. The number of fused-ring (bicyclic) bond motifs is 1. The number of carbonyl (C=O) groups excluding carboxylic acids is 1. The van der Waals surface area contributed by atoms with Gasteiger partial charge in [0.05, 0.1) is 12.2 Å². The number of hydrogen-bond acceptors (Lipinski definition) is 5. The van der Waals surface area contributed by atoms with Crippen LogP contribution in [-0.2, 0) is 6.54 Å². The van der Waals surface area contributed by atoms with Gasteiger partial charge in [0, 0.05) is 12.1 Å². The maximum absolute atomic E-state index is 14.4. The van der Waals surface area contributed by atoms with Crippen molar-refractivity contribution in [1.82, 2.24) is 20.2 Å².